The van der Waals surface area contributed by atoms with Gasteiger partial charge in [-0.05, 0) is 54.9 Å². The Morgan fingerprint density at radius 2 is 1.89 bits per heavy atom. The molecule has 28 heavy (non-hydrogen) atoms. The lowest BCUT2D eigenvalue weighted by molar-refractivity contribution is -0.137. The molecule has 2 aliphatic rings. The minimum absolute atomic E-state index is 0.00176. The Morgan fingerprint density at radius 1 is 1.18 bits per heavy atom. The predicted molar refractivity (Wildman–Crippen MR) is 96.3 cm³/mol. The zero-order valence-corrected chi connectivity index (χ0v) is 15.0. The van der Waals surface area contributed by atoms with Crippen molar-refractivity contribution in [2.45, 2.75) is 32.0 Å². The number of aromatic amines is 1. The molecule has 4 rings (SSSR count). The van der Waals surface area contributed by atoms with E-state index in [1.165, 1.54) is 18.3 Å². The lowest BCUT2D eigenvalue weighted by atomic mass is 10.1. The highest BCUT2D eigenvalue weighted by atomic mass is 19.4. The van der Waals surface area contributed by atoms with Gasteiger partial charge < -0.3 is 15.0 Å². The molecular weight excluding hydrogens is 373 g/mol. The number of nitrogens with one attached hydrogen (secondary N) is 2. The third-order valence-electron chi connectivity index (χ3n) is 5.71. The first-order valence-electron chi connectivity index (χ1n) is 9.10. The topological polar surface area (TPSA) is 71.2 Å². The SMILES string of the molecule is C[C@H]1[C@H]2CC(Oc3cc(C(F)(F)F)ccc3C(=O)Nc3cc[nH]c(=O)c3)C[C@@H]12. The standard InChI is InChI=1S/C20H19F3N2O3/c1-10-15-8-13(9-16(10)15)28-17-6-11(20(21,22)23)2-3-14(17)19(27)25-12-4-5-24-18(26)7-12/h2-7,10,13,15-16H,8-9H2,1H3,(H2,24,25,26,27)/t10-,13?,15+,16-. The number of carbonyl (C=O) groups is 1. The van der Waals surface area contributed by atoms with Crippen molar-refractivity contribution in [1.29, 1.82) is 0 Å². The summed E-state index contributed by atoms with van der Waals surface area (Å²) in [4.78, 5) is 26.4. The van der Waals surface area contributed by atoms with Crippen LogP contribution in [0.5, 0.6) is 5.75 Å². The number of H-pyrrole nitrogens is 1. The minimum Gasteiger partial charge on any atom is -0.490 e. The van der Waals surface area contributed by atoms with Gasteiger partial charge in [-0.2, -0.15) is 13.2 Å². The molecule has 0 spiro atoms. The molecule has 2 N–H and O–H groups in total. The van der Waals surface area contributed by atoms with Crippen LogP contribution in [0.2, 0.25) is 0 Å². The second kappa shape index (κ2) is 6.68. The lowest BCUT2D eigenvalue weighted by Crippen LogP contribution is -2.20. The molecule has 1 aromatic heterocycles. The average Bonchev–Trinajstić information content (AvgIpc) is 3.02. The van der Waals surface area contributed by atoms with E-state index in [-0.39, 0.29) is 23.1 Å². The maximum Gasteiger partial charge on any atom is 0.416 e. The van der Waals surface area contributed by atoms with Gasteiger partial charge in [-0.3, -0.25) is 9.59 Å². The largest absolute Gasteiger partial charge is 0.490 e. The highest BCUT2D eigenvalue weighted by molar-refractivity contribution is 6.06. The monoisotopic (exact) mass is 392 g/mol. The number of pyridine rings is 1. The van der Waals surface area contributed by atoms with E-state index in [0.717, 1.165) is 31.0 Å². The molecule has 1 unspecified atom stereocenters. The van der Waals surface area contributed by atoms with Crippen molar-refractivity contribution in [3.05, 3.63) is 58.0 Å². The van der Waals surface area contributed by atoms with Crippen LogP contribution in [0.1, 0.15) is 35.7 Å². The molecule has 1 aromatic carbocycles. The Kier molecular flexibility index (Phi) is 4.44. The van der Waals surface area contributed by atoms with Crippen molar-refractivity contribution in [1.82, 2.24) is 4.98 Å². The Bertz CT molecular complexity index is 958. The van der Waals surface area contributed by atoms with Gasteiger partial charge >= 0.3 is 6.18 Å². The Labute approximate surface area is 158 Å². The van der Waals surface area contributed by atoms with Gasteiger partial charge in [0.25, 0.3) is 5.91 Å². The number of anilines is 1. The quantitative estimate of drug-likeness (QED) is 0.824. The number of carbonyl (C=O) groups excluding carboxylic acids is 1. The number of benzene rings is 1. The van der Waals surface area contributed by atoms with Crippen molar-refractivity contribution in [3.8, 4) is 5.75 Å². The number of ether oxygens (including phenoxy) is 1. The smallest absolute Gasteiger partial charge is 0.416 e. The summed E-state index contributed by atoms with van der Waals surface area (Å²) in [5, 5.41) is 2.53. The summed E-state index contributed by atoms with van der Waals surface area (Å²) in [7, 11) is 0. The van der Waals surface area contributed by atoms with E-state index >= 15 is 0 Å². The fourth-order valence-electron chi connectivity index (χ4n) is 4.10. The molecule has 2 saturated carbocycles. The summed E-state index contributed by atoms with van der Waals surface area (Å²) in [6.45, 7) is 2.16. The van der Waals surface area contributed by atoms with Gasteiger partial charge in [0.15, 0.2) is 0 Å². The third kappa shape index (κ3) is 3.63. The van der Waals surface area contributed by atoms with Crippen LogP contribution in [-0.4, -0.2) is 17.0 Å². The second-order valence-corrected chi connectivity index (χ2v) is 7.50. The summed E-state index contributed by atoms with van der Waals surface area (Å²) in [5.41, 5.74) is -1.02. The highest BCUT2D eigenvalue weighted by Crippen LogP contribution is 2.57. The molecule has 148 valence electrons. The van der Waals surface area contributed by atoms with Crippen LogP contribution in [-0.2, 0) is 6.18 Å². The molecule has 2 aromatic rings. The van der Waals surface area contributed by atoms with Crippen molar-refractivity contribution in [2.75, 3.05) is 5.32 Å². The maximum absolute atomic E-state index is 13.1. The first-order chi connectivity index (χ1) is 13.2. The third-order valence-corrected chi connectivity index (χ3v) is 5.71. The van der Waals surface area contributed by atoms with Crippen molar-refractivity contribution >= 4 is 11.6 Å². The van der Waals surface area contributed by atoms with E-state index in [2.05, 4.69) is 17.2 Å². The van der Waals surface area contributed by atoms with Gasteiger partial charge in [0.2, 0.25) is 5.56 Å². The van der Waals surface area contributed by atoms with Crippen LogP contribution in [0, 0.1) is 17.8 Å². The first-order valence-corrected chi connectivity index (χ1v) is 9.10. The van der Waals surface area contributed by atoms with Gasteiger partial charge in [-0.15, -0.1) is 0 Å². The summed E-state index contributed by atoms with van der Waals surface area (Å²) in [6.07, 6.45) is -1.78. The fourth-order valence-corrected chi connectivity index (χ4v) is 4.10. The number of hydrogen-bond acceptors (Lipinski definition) is 3. The Balaban J connectivity index is 1.59. The van der Waals surface area contributed by atoms with Gasteiger partial charge in [-0.25, -0.2) is 0 Å². The Morgan fingerprint density at radius 3 is 2.54 bits per heavy atom. The first kappa shape index (κ1) is 18.6. The highest BCUT2D eigenvalue weighted by Gasteiger charge is 2.54. The molecule has 8 heteroatoms. The minimum atomic E-state index is -4.54. The van der Waals surface area contributed by atoms with Crippen LogP contribution >= 0.6 is 0 Å². The molecule has 0 bridgehead atoms. The van der Waals surface area contributed by atoms with Crippen molar-refractivity contribution in [2.24, 2.45) is 17.8 Å². The maximum atomic E-state index is 13.1. The predicted octanol–water partition coefficient (Wildman–Crippen LogP) is 4.07. The number of rotatable bonds is 4. The van der Waals surface area contributed by atoms with Gasteiger partial charge in [0.05, 0.1) is 17.2 Å². The number of fused-ring (bicyclic) bond motifs is 1. The molecule has 4 atom stereocenters. The van der Waals surface area contributed by atoms with E-state index in [0.29, 0.717) is 17.8 Å². The number of hydrogen-bond donors (Lipinski definition) is 2. The van der Waals surface area contributed by atoms with Crippen molar-refractivity contribution in [3.63, 3.8) is 0 Å². The molecule has 5 nitrogen and oxygen atoms in total. The lowest BCUT2D eigenvalue weighted by Gasteiger charge is -2.20. The molecule has 1 amide bonds. The van der Waals surface area contributed by atoms with E-state index in [1.807, 2.05) is 0 Å². The number of amides is 1. The van der Waals surface area contributed by atoms with Crippen LogP contribution in [0.25, 0.3) is 0 Å². The normalized spacial score (nSPS) is 25.9. The zero-order valence-electron chi connectivity index (χ0n) is 15.0. The van der Waals surface area contributed by atoms with Crippen LogP contribution < -0.4 is 15.6 Å². The van der Waals surface area contributed by atoms with E-state index in [1.54, 1.807) is 0 Å². The second-order valence-electron chi connectivity index (χ2n) is 7.50. The summed E-state index contributed by atoms with van der Waals surface area (Å²) >= 11 is 0. The zero-order chi connectivity index (χ0) is 20.1. The molecule has 2 fully saturated rings. The molecule has 0 saturated heterocycles. The van der Waals surface area contributed by atoms with E-state index in [4.69, 9.17) is 4.74 Å². The number of alkyl halides is 3. The van der Waals surface area contributed by atoms with Crippen LogP contribution in [0.4, 0.5) is 18.9 Å². The van der Waals surface area contributed by atoms with Crippen LogP contribution in [0.3, 0.4) is 0 Å². The van der Waals surface area contributed by atoms with E-state index in [9.17, 15) is 22.8 Å². The molecular formula is C20H19F3N2O3. The summed E-state index contributed by atoms with van der Waals surface area (Å²) in [6, 6.07) is 5.51. The molecule has 0 aliphatic heterocycles. The fraction of sp³-hybridized carbons (Fsp3) is 0.400. The summed E-state index contributed by atoms with van der Waals surface area (Å²) < 4.78 is 45.2. The van der Waals surface area contributed by atoms with E-state index < -0.39 is 23.2 Å². The van der Waals surface area contributed by atoms with Crippen LogP contribution in [0.15, 0.2) is 41.3 Å². The summed E-state index contributed by atoms with van der Waals surface area (Å²) in [5.74, 6) is 1.04. The molecule has 1 heterocycles. The molecule has 0 radical (unpaired) electrons. The number of aromatic nitrogens is 1. The molecule has 2 aliphatic carbocycles. The van der Waals surface area contributed by atoms with Gasteiger partial charge in [-0.1, -0.05) is 6.92 Å². The number of halogens is 3. The van der Waals surface area contributed by atoms with Gasteiger partial charge in [0, 0.05) is 18.0 Å². The van der Waals surface area contributed by atoms with Gasteiger partial charge in [0.1, 0.15) is 5.75 Å². The Hall–Kier alpha value is -2.77. The van der Waals surface area contributed by atoms with Crippen molar-refractivity contribution < 1.29 is 22.7 Å². The average molecular weight is 392 g/mol.